The van der Waals surface area contributed by atoms with Crippen molar-refractivity contribution in [1.82, 2.24) is 4.57 Å². The minimum atomic E-state index is -2.28. The van der Waals surface area contributed by atoms with Crippen LogP contribution in [0.15, 0.2) is 73.6 Å². The van der Waals surface area contributed by atoms with E-state index in [0.29, 0.717) is 69.4 Å². The second kappa shape index (κ2) is 21.3. The molecule has 14 nitrogen and oxygen atoms in total. The number of carboxylic acids is 1. The monoisotopic (exact) mass is 896 g/mol. The van der Waals surface area contributed by atoms with Crippen molar-refractivity contribution < 1.29 is 59.5 Å². The lowest BCUT2D eigenvalue weighted by atomic mass is 9.64. The van der Waals surface area contributed by atoms with Gasteiger partial charge in [-0.3, -0.25) is 0 Å². The molecular formula is C51H64N2O12. The molecule has 1 saturated heterocycles. The third-order valence-electron chi connectivity index (χ3n) is 14.4. The molecule has 350 valence electrons. The number of rotatable bonds is 17. The van der Waals surface area contributed by atoms with Crippen LogP contribution in [-0.4, -0.2) is 115 Å². The Hall–Kier alpha value is -4.74. The number of allylic oxidation sites excluding steroid dienone is 1. The molecule has 3 aliphatic heterocycles. The van der Waals surface area contributed by atoms with Crippen LogP contribution in [0.5, 0.6) is 5.75 Å². The van der Waals surface area contributed by atoms with Gasteiger partial charge in [-0.25, -0.2) is 4.79 Å². The zero-order valence-corrected chi connectivity index (χ0v) is 37.1. The summed E-state index contributed by atoms with van der Waals surface area (Å²) < 4.78 is 26.7. The van der Waals surface area contributed by atoms with Gasteiger partial charge in [0.05, 0.1) is 29.4 Å². The molecule has 4 heterocycles. The van der Waals surface area contributed by atoms with Gasteiger partial charge in [0.1, 0.15) is 42.3 Å². The third-order valence-corrected chi connectivity index (χ3v) is 14.4. The predicted octanol–water partition coefficient (Wildman–Crippen LogP) is 4.54. The third kappa shape index (κ3) is 11.1. The number of nitrogens with zero attached hydrogens (tertiary/aromatic N) is 2. The van der Waals surface area contributed by atoms with Crippen molar-refractivity contribution in [2.24, 2.45) is 29.6 Å². The number of aliphatic hydroxyl groups is 6. The lowest BCUT2D eigenvalue weighted by molar-refractivity contribution is -0.334. The molecule has 3 aromatic rings. The Kier molecular flexibility index (Phi) is 15.8. The first-order valence-electron chi connectivity index (χ1n) is 22.9. The summed E-state index contributed by atoms with van der Waals surface area (Å²) in [5.41, 5.74) is 0.352. The lowest BCUT2D eigenvalue weighted by Crippen LogP contribution is -2.70. The van der Waals surface area contributed by atoms with Gasteiger partial charge in [0.25, 0.3) is 0 Å². The normalized spacial score (nSPS) is 32.6. The predicted molar refractivity (Wildman–Crippen MR) is 238 cm³/mol. The zero-order valence-electron chi connectivity index (χ0n) is 37.1. The molecule has 8 rings (SSSR count). The van der Waals surface area contributed by atoms with Crippen LogP contribution < -0.4 is 4.74 Å². The van der Waals surface area contributed by atoms with Crippen LogP contribution in [0.2, 0.25) is 0 Å². The molecule has 3 fully saturated rings. The van der Waals surface area contributed by atoms with Gasteiger partial charge in [0.15, 0.2) is 5.60 Å². The first kappa shape index (κ1) is 48.2. The van der Waals surface area contributed by atoms with Crippen LogP contribution in [0.25, 0.3) is 0 Å². The molecule has 7 N–H and O–H groups in total. The van der Waals surface area contributed by atoms with Crippen molar-refractivity contribution in [3.05, 3.63) is 101 Å². The minimum absolute atomic E-state index is 0.00859. The second-order valence-corrected chi connectivity index (χ2v) is 18.9. The average Bonchev–Trinajstić information content (AvgIpc) is 3.88. The lowest BCUT2D eigenvalue weighted by Gasteiger charge is -2.52. The fourth-order valence-electron chi connectivity index (χ4n) is 11.2. The van der Waals surface area contributed by atoms with Crippen LogP contribution in [-0.2, 0) is 40.0 Å². The highest BCUT2D eigenvalue weighted by molar-refractivity contribution is 5.87. The highest BCUT2D eigenvalue weighted by Gasteiger charge is 2.60. The van der Waals surface area contributed by atoms with Gasteiger partial charge < -0.3 is 59.3 Å². The van der Waals surface area contributed by atoms with E-state index in [1.165, 1.54) is 0 Å². The number of carbonyl (C=O) groups is 1. The van der Waals surface area contributed by atoms with Crippen LogP contribution in [0.4, 0.5) is 0 Å². The molecular weight excluding hydrogens is 833 g/mol. The number of fused-ring (bicyclic) bond motifs is 9. The molecule has 2 saturated carbocycles. The van der Waals surface area contributed by atoms with Gasteiger partial charge in [-0.1, -0.05) is 30.2 Å². The Morgan fingerprint density at radius 3 is 2.60 bits per heavy atom. The average molecular weight is 897 g/mol. The molecule has 14 heteroatoms. The molecule has 0 unspecified atom stereocenters. The van der Waals surface area contributed by atoms with Crippen molar-refractivity contribution in [3.8, 4) is 23.8 Å². The molecule has 2 bridgehead atoms. The van der Waals surface area contributed by atoms with Crippen molar-refractivity contribution in [1.29, 1.82) is 5.26 Å². The molecule has 2 aromatic carbocycles. The molecule has 65 heavy (non-hydrogen) atoms. The van der Waals surface area contributed by atoms with Crippen molar-refractivity contribution >= 4 is 5.97 Å². The van der Waals surface area contributed by atoms with Gasteiger partial charge in [-0.05, 0) is 141 Å². The van der Waals surface area contributed by atoms with Crippen LogP contribution in [0.1, 0.15) is 90.4 Å². The van der Waals surface area contributed by atoms with Gasteiger partial charge in [0.2, 0.25) is 6.29 Å². The quantitative estimate of drug-likeness (QED) is 0.0732. The summed E-state index contributed by atoms with van der Waals surface area (Å²) in [5, 5.41) is 89.6. The standard InChI is InChI=1S/C51H64N2O12/c1-3-6-36-14-16-41(24-39(36)22-35(31-62-2)30-53-18-17-33(28-52)29-53)64-49-51(61)27-42(43(55)7-5-20-63-44(8-4-19-54)46(65-49)45(56)47(51)57)38-13-15-40-23-34(25-50(40,60)26-38)21-32-9-11-37(12-10-32)48(58)59/h3,9-12,14,16-18,24,29,34-35,38,40,42-47,49,54-57,60-61H,1,4,6-8,13,15,19,21-23,25-27,30-31H2,2H3,(H,58,59)/t34-,35-,38-,40-,42-,43+,44+,45-,46-,47+,49+,50-,51-/m1/s1. The number of hydrogen-bond donors (Lipinski definition) is 7. The van der Waals surface area contributed by atoms with E-state index in [9.17, 15) is 45.8 Å². The van der Waals surface area contributed by atoms with E-state index in [0.717, 1.165) is 23.1 Å². The van der Waals surface area contributed by atoms with E-state index in [-0.39, 0.29) is 61.5 Å². The molecule has 1 aromatic heterocycles. The largest absolute Gasteiger partial charge is 0.478 e. The summed E-state index contributed by atoms with van der Waals surface area (Å²) in [5.74, 6) is 1.37. The number of carboxylic acid groups (broad SMARTS) is 1. The summed E-state index contributed by atoms with van der Waals surface area (Å²) in [6, 6.07) is 16.3. The second-order valence-electron chi connectivity index (χ2n) is 18.9. The molecule has 13 atom stereocenters. The summed E-state index contributed by atoms with van der Waals surface area (Å²) in [7, 11) is 1.64. The van der Waals surface area contributed by atoms with E-state index < -0.39 is 59.9 Å². The SMILES string of the molecule is C=CCc1ccc(O[C@H]2O[C@H]3[C@@H](O)[C@H](O)[C@]2(O)C[C@H]([C@@H]2CC[C@@H]4C[C@@H](Cc5ccc(C(=O)O)cc5)C[C@@]4(O)C2)[C@@H](O)CC#CO[C@H]3CCCO)cc1C[C@@H](COC)Cn1ccc(C#N)c1. The van der Waals surface area contributed by atoms with E-state index in [4.69, 9.17) is 18.9 Å². The van der Waals surface area contributed by atoms with Crippen molar-refractivity contribution in [2.75, 3.05) is 20.3 Å². The minimum Gasteiger partial charge on any atom is -0.478 e. The smallest absolute Gasteiger partial charge is 0.335 e. The highest BCUT2D eigenvalue weighted by Crippen LogP contribution is 2.54. The summed E-state index contributed by atoms with van der Waals surface area (Å²) in [6.07, 6.45) is 4.74. The maximum absolute atomic E-state index is 12.9. The number of aliphatic hydroxyl groups excluding tert-OH is 4. The van der Waals surface area contributed by atoms with Crippen LogP contribution in [0, 0.1) is 52.9 Å². The van der Waals surface area contributed by atoms with E-state index in [2.05, 4.69) is 24.7 Å². The first-order valence-corrected chi connectivity index (χ1v) is 22.9. The zero-order chi connectivity index (χ0) is 46.3. The number of ether oxygens (including phenoxy) is 4. The number of nitriles is 1. The first-order chi connectivity index (χ1) is 31.3. The van der Waals surface area contributed by atoms with Crippen LogP contribution >= 0.6 is 0 Å². The molecule has 5 aliphatic rings. The number of methoxy groups -OCH3 is 1. The fraction of sp³-hybridized carbons (Fsp3) is 0.569. The number of aromatic nitrogens is 1. The number of benzene rings is 2. The van der Waals surface area contributed by atoms with Crippen molar-refractivity contribution in [2.45, 2.75) is 132 Å². The molecule has 0 radical (unpaired) electrons. The summed E-state index contributed by atoms with van der Waals surface area (Å²) in [4.78, 5) is 11.4. The Balaban J connectivity index is 1.18. The maximum Gasteiger partial charge on any atom is 0.335 e. The Morgan fingerprint density at radius 1 is 1.09 bits per heavy atom. The van der Waals surface area contributed by atoms with E-state index >= 15 is 0 Å². The Labute approximate surface area is 381 Å². The number of hydrogen-bond acceptors (Lipinski definition) is 12. The van der Waals surface area contributed by atoms with Gasteiger partial charge >= 0.3 is 5.97 Å². The summed E-state index contributed by atoms with van der Waals surface area (Å²) in [6.45, 7) is 4.78. The fourth-order valence-corrected chi connectivity index (χ4v) is 11.2. The van der Waals surface area contributed by atoms with Gasteiger partial charge in [-0.15, -0.1) is 6.58 Å². The van der Waals surface area contributed by atoms with Gasteiger partial charge in [0, 0.05) is 45.0 Å². The summed E-state index contributed by atoms with van der Waals surface area (Å²) >= 11 is 0. The molecule has 0 amide bonds. The Morgan fingerprint density at radius 2 is 1.89 bits per heavy atom. The topological polar surface area (TPSA) is 224 Å². The van der Waals surface area contributed by atoms with Crippen molar-refractivity contribution in [3.63, 3.8) is 0 Å². The maximum atomic E-state index is 12.9. The van der Waals surface area contributed by atoms with E-state index in [1.807, 2.05) is 41.1 Å². The molecule has 0 spiro atoms. The highest BCUT2D eigenvalue weighted by atomic mass is 16.7. The Bertz CT molecular complexity index is 2190. The van der Waals surface area contributed by atoms with Gasteiger partial charge in [-0.2, -0.15) is 5.26 Å². The van der Waals surface area contributed by atoms with Crippen LogP contribution in [0.3, 0.4) is 0 Å². The van der Waals surface area contributed by atoms with E-state index in [1.54, 1.807) is 37.6 Å². The number of aromatic carboxylic acids is 1. The molecule has 2 aliphatic carbocycles.